The number of H-pyrrole nitrogens is 1. The van der Waals surface area contributed by atoms with Gasteiger partial charge in [-0.2, -0.15) is 0 Å². The minimum Gasteiger partial charge on any atom is -0.323 e. The predicted molar refractivity (Wildman–Crippen MR) is 107 cm³/mol. The summed E-state index contributed by atoms with van der Waals surface area (Å²) >= 11 is 0. The molecule has 4 rings (SSSR count). The molecule has 28 heavy (non-hydrogen) atoms. The number of anilines is 1. The van der Waals surface area contributed by atoms with Crippen molar-refractivity contribution in [3.05, 3.63) is 90.9 Å². The molecule has 1 heterocycles. The van der Waals surface area contributed by atoms with E-state index < -0.39 is 15.8 Å². The molecule has 0 aliphatic rings. The zero-order valence-corrected chi connectivity index (χ0v) is 15.4. The molecule has 5 nitrogen and oxygen atoms in total. The van der Waals surface area contributed by atoms with Crippen molar-refractivity contribution in [2.45, 2.75) is 4.90 Å². The topological polar surface area (TPSA) is 74.8 Å². The van der Waals surface area contributed by atoms with Crippen LogP contribution in [0.4, 0.5) is 10.3 Å². The fourth-order valence-corrected chi connectivity index (χ4v) is 3.83. The van der Waals surface area contributed by atoms with E-state index in [2.05, 4.69) is 14.7 Å². The summed E-state index contributed by atoms with van der Waals surface area (Å²) in [4.78, 5) is 6.98. The molecule has 0 bridgehead atoms. The summed E-state index contributed by atoms with van der Waals surface area (Å²) in [5, 5.41) is 0. The molecule has 1 aromatic heterocycles. The maximum absolute atomic E-state index is 14.4. The van der Waals surface area contributed by atoms with Crippen LogP contribution in [0, 0.1) is 5.82 Å². The molecule has 0 spiro atoms. The Labute approximate surface area is 162 Å². The van der Waals surface area contributed by atoms with Gasteiger partial charge in [0.25, 0.3) is 10.0 Å². The zero-order chi connectivity index (χ0) is 19.6. The number of nitrogens with one attached hydrogen (secondary N) is 2. The minimum absolute atomic E-state index is 0.0170. The highest BCUT2D eigenvalue weighted by molar-refractivity contribution is 7.92. The van der Waals surface area contributed by atoms with Crippen LogP contribution in [-0.2, 0) is 10.0 Å². The lowest BCUT2D eigenvalue weighted by molar-refractivity contribution is 0.601. The van der Waals surface area contributed by atoms with Crippen LogP contribution in [0.2, 0.25) is 0 Å². The summed E-state index contributed by atoms with van der Waals surface area (Å²) < 4.78 is 41.6. The maximum Gasteiger partial charge on any atom is 0.264 e. The summed E-state index contributed by atoms with van der Waals surface area (Å²) in [6.07, 6.45) is 1.40. The van der Waals surface area contributed by atoms with Gasteiger partial charge in [0.15, 0.2) is 0 Å². The van der Waals surface area contributed by atoms with Gasteiger partial charge in [-0.25, -0.2) is 22.5 Å². The maximum atomic E-state index is 14.4. The van der Waals surface area contributed by atoms with E-state index in [-0.39, 0.29) is 10.8 Å². The molecule has 0 aliphatic carbocycles. The first-order chi connectivity index (χ1) is 13.5. The summed E-state index contributed by atoms with van der Waals surface area (Å²) in [5.74, 6) is -0.413. The molecular weight excluding hydrogens is 377 g/mol. The summed E-state index contributed by atoms with van der Waals surface area (Å²) in [7, 11) is -3.78. The molecule has 3 aromatic carbocycles. The van der Waals surface area contributed by atoms with Crippen molar-refractivity contribution in [1.82, 2.24) is 9.97 Å². The molecule has 0 saturated heterocycles. The molecule has 0 amide bonds. The highest BCUT2D eigenvalue weighted by atomic mass is 32.2. The Hall–Kier alpha value is -3.45. The minimum atomic E-state index is -3.78. The van der Waals surface area contributed by atoms with Gasteiger partial charge in [-0.3, -0.25) is 0 Å². The van der Waals surface area contributed by atoms with Gasteiger partial charge in [0.1, 0.15) is 5.82 Å². The van der Waals surface area contributed by atoms with Gasteiger partial charge in [-0.15, -0.1) is 0 Å². The van der Waals surface area contributed by atoms with Crippen LogP contribution in [0.1, 0.15) is 0 Å². The van der Waals surface area contributed by atoms with Gasteiger partial charge in [0.05, 0.1) is 16.8 Å². The number of aromatic amines is 1. The van der Waals surface area contributed by atoms with Crippen molar-refractivity contribution in [1.29, 1.82) is 0 Å². The third-order valence-electron chi connectivity index (χ3n) is 4.22. The van der Waals surface area contributed by atoms with Crippen molar-refractivity contribution in [3.63, 3.8) is 0 Å². The third-order valence-corrected chi connectivity index (χ3v) is 5.58. The third kappa shape index (κ3) is 3.65. The van der Waals surface area contributed by atoms with E-state index in [9.17, 15) is 12.8 Å². The largest absolute Gasteiger partial charge is 0.323 e. The Morgan fingerprint density at radius 3 is 2.25 bits per heavy atom. The number of sulfonamides is 1. The van der Waals surface area contributed by atoms with Crippen molar-refractivity contribution in [2.75, 3.05) is 4.72 Å². The Balaban J connectivity index is 1.65. The predicted octanol–water partition coefficient (Wildman–Crippen LogP) is 4.68. The summed E-state index contributed by atoms with van der Waals surface area (Å²) in [6, 6.07) is 22.3. The van der Waals surface area contributed by atoms with Crippen LogP contribution < -0.4 is 4.72 Å². The summed E-state index contributed by atoms with van der Waals surface area (Å²) in [6.45, 7) is 0. The molecular formula is C21H16FN3O2S. The SMILES string of the molecule is O=S(=O)(Nc1ncc(-c2cc(-c3ccccc3)ccc2F)[nH]1)c1ccccc1. The Kier molecular flexibility index (Phi) is 4.67. The zero-order valence-electron chi connectivity index (χ0n) is 14.6. The van der Waals surface area contributed by atoms with Crippen LogP contribution in [0.25, 0.3) is 22.4 Å². The number of benzene rings is 3. The van der Waals surface area contributed by atoms with Crippen molar-refractivity contribution >= 4 is 16.0 Å². The number of halogens is 1. The average molecular weight is 393 g/mol. The number of hydrogen-bond donors (Lipinski definition) is 2. The molecule has 0 aliphatic heterocycles. The second-order valence-corrected chi connectivity index (χ2v) is 7.81. The lowest BCUT2D eigenvalue weighted by Crippen LogP contribution is -2.13. The van der Waals surface area contributed by atoms with Crippen molar-refractivity contribution in [2.24, 2.45) is 0 Å². The van der Waals surface area contributed by atoms with E-state index in [0.717, 1.165) is 11.1 Å². The van der Waals surface area contributed by atoms with Crippen LogP contribution >= 0.6 is 0 Å². The number of nitrogens with zero attached hydrogens (tertiary/aromatic N) is 1. The smallest absolute Gasteiger partial charge is 0.264 e. The molecule has 7 heteroatoms. The normalized spacial score (nSPS) is 11.3. The van der Waals surface area contributed by atoms with Gasteiger partial charge < -0.3 is 4.98 Å². The first-order valence-electron chi connectivity index (χ1n) is 8.51. The second kappa shape index (κ2) is 7.28. The molecule has 0 radical (unpaired) electrons. The van der Waals surface area contributed by atoms with E-state index in [4.69, 9.17) is 0 Å². The molecule has 2 N–H and O–H groups in total. The van der Waals surface area contributed by atoms with Crippen molar-refractivity contribution in [3.8, 4) is 22.4 Å². The highest BCUT2D eigenvalue weighted by Crippen LogP contribution is 2.28. The van der Waals surface area contributed by atoms with Gasteiger partial charge in [-0.1, -0.05) is 54.6 Å². The Bertz CT molecular complexity index is 1210. The van der Waals surface area contributed by atoms with Gasteiger partial charge in [-0.05, 0) is 35.4 Å². The van der Waals surface area contributed by atoms with Crippen LogP contribution in [0.5, 0.6) is 0 Å². The van der Waals surface area contributed by atoms with E-state index in [0.29, 0.717) is 11.3 Å². The number of hydrogen-bond acceptors (Lipinski definition) is 3. The monoisotopic (exact) mass is 393 g/mol. The number of aromatic nitrogens is 2. The molecule has 0 saturated carbocycles. The quantitative estimate of drug-likeness (QED) is 0.517. The molecule has 4 aromatic rings. The Morgan fingerprint density at radius 2 is 1.54 bits per heavy atom. The van der Waals surface area contributed by atoms with Gasteiger partial charge in [0.2, 0.25) is 5.95 Å². The lowest BCUT2D eigenvalue weighted by Gasteiger charge is -2.07. The highest BCUT2D eigenvalue weighted by Gasteiger charge is 2.16. The standard InChI is InChI=1S/C21H16FN3O2S/c22-19-12-11-16(15-7-3-1-4-8-15)13-18(19)20-14-23-21(24-20)25-28(26,27)17-9-5-2-6-10-17/h1-14H,(H2,23,24,25). The number of rotatable bonds is 5. The van der Waals surface area contributed by atoms with Gasteiger partial charge in [0, 0.05) is 5.56 Å². The van der Waals surface area contributed by atoms with E-state index in [1.54, 1.807) is 30.3 Å². The molecule has 0 atom stereocenters. The van der Waals surface area contributed by atoms with Crippen LogP contribution in [0.3, 0.4) is 0 Å². The first-order valence-corrected chi connectivity index (χ1v) is 9.99. The van der Waals surface area contributed by atoms with Crippen molar-refractivity contribution < 1.29 is 12.8 Å². The molecule has 140 valence electrons. The van der Waals surface area contributed by atoms with E-state index in [1.807, 2.05) is 30.3 Å². The van der Waals surface area contributed by atoms with Gasteiger partial charge >= 0.3 is 0 Å². The fourth-order valence-electron chi connectivity index (χ4n) is 2.84. The molecule has 0 unspecified atom stereocenters. The summed E-state index contributed by atoms with van der Waals surface area (Å²) in [5.41, 5.74) is 2.48. The van der Waals surface area contributed by atoms with E-state index >= 15 is 0 Å². The molecule has 0 fully saturated rings. The average Bonchev–Trinajstić information content (AvgIpc) is 3.17. The van der Waals surface area contributed by atoms with Crippen LogP contribution in [-0.4, -0.2) is 18.4 Å². The second-order valence-electron chi connectivity index (χ2n) is 6.12. The van der Waals surface area contributed by atoms with Crippen LogP contribution in [0.15, 0.2) is 90.0 Å². The number of imidazole rings is 1. The van der Waals surface area contributed by atoms with E-state index in [1.165, 1.54) is 24.4 Å². The first kappa shape index (κ1) is 17.9. The Morgan fingerprint density at radius 1 is 0.857 bits per heavy atom. The fraction of sp³-hybridized carbons (Fsp3) is 0. The lowest BCUT2D eigenvalue weighted by atomic mass is 10.0.